The molecule has 1 atom stereocenters. The van der Waals surface area contributed by atoms with Gasteiger partial charge in [0.25, 0.3) is 0 Å². The molecule has 1 saturated carbocycles. The molecule has 0 radical (unpaired) electrons. The molecular formula is C15H26N4O2. The van der Waals surface area contributed by atoms with Gasteiger partial charge in [0.2, 0.25) is 11.8 Å². The number of piperazine rings is 1. The van der Waals surface area contributed by atoms with Crippen LogP contribution in [0, 0.1) is 0 Å². The highest BCUT2D eigenvalue weighted by Crippen LogP contribution is 2.39. The summed E-state index contributed by atoms with van der Waals surface area (Å²) in [6.45, 7) is 10.9. The van der Waals surface area contributed by atoms with E-state index in [-0.39, 0.29) is 0 Å². The Morgan fingerprint density at radius 2 is 2.14 bits per heavy atom. The van der Waals surface area contributed by atoms with Crippen molar-refractivity contribution in [2.75, 3.05) is 39.4 Å². The van der Waals surface area contributed by atoms with E-state index in [4.69, 9.17) is 9.15 Å². The van der Waals surface area contributed by atoms with Crippen LogP contribution in [0.15, 0.2) is 4.42 Å². The molecule has 6 heteroatoms. The van der Waals surface area contributed by atoms with Crippen LogP contribution < -0.4 is 0 Å². The maximum Gasteiger partial charge on any atom is 0.230 e. The average Bonchev–Trinajstić information content (AvgIpc) is 3.22. The summed E-state index contributed by atoms with van der Waals surface area (Å²) in [5, 5.41) is 8.34. The normalized spacial score (nSPS) is 24.6. The standard InChI is InChI=1S/C15H26N4O2/c1-3-20-9-8-19-7-6-18(10-12(19)2)11-14-16-17-15(21-14)13-4-5-13/h12-13H,3-11H2,1-2H3/t12-/m0/s1. The van der Waals surface area contributed by atoms with Crippen LogP contribution in [-0.4, -0.2) is 65.4 Å². The van der Waals surface area contributed by atoms with E-state index in [1.165, 1.54) is 12.8 Å². The summed E-state index contributed by atoms with van der Waals surface area (Å²) in [6.07, 6.45) is 2.41. The Balaban J connectivity index is 1.45. The second-order valence-electron chi connectivity index (χ2n) is 6.13. The molecule has 2 aliphatic rings. The van der Waals surface area contributed by atoms with Crippen LogP contribution in [0.4, 0.5) is 0 Å². The maximum absolute atomic E-state index is 5.75. The highest BCUT2D eigenvalue weighted by atomic mass is 16.5. The summed E-state index contributed by atoms with van der Waals surface area (Å²) in [4.78, 5) is 4.90. The number of hydrogen-bond donors (Lipinski definition) is 0. The first-order chi connectivity index (χ1) is 10.3. The Kier molecular flexibility index (Phi) is 4.87. The van der Waals surface area contributed by atoms with E-state index in [1.807, 2.05) is 6.92 Å². The van der Waals surface area contributed by atoms with Crippen molar-refractivity contribution in [3.05, 3.63) is 11.8 Å². The third kappa shape index (κ3) is 4.02. The number of aromatic nitrogens is 2. The van der Waals surface area contributed by atoms with Crippen molar-refractivity contribution < 1.29 is 9.15 Å². The van der Waals surface area contributed by atoms with E-state index in [0.717, 1.165) is 57.7 Å². The quantitative estimate of drug-likeness (QED) is 0.710. The van der Waals surface area contributed by atoms with E-state index in [0.29, 0.717) is 12.0 Å². The predicted molar refractivity (Wildman–Crippen MR) is 79.1 cm³/mol. The molecule has 2 heterocycles. The van der Waals surface area contributed by atoms with Gasteiger partial charge in [0.05, 0.1) is 13.2 Å². The topological polar surface area (TPSA) is 54.6 Å². The molecule has 6 nitrogen and oxygen atoms in total. The van der Waals surface area contributed by atoms with Gasteiger partial charge in [-0.05, 0) is 26.7 Å². The van der Waals surface area contributed by atoms with Crippen LogP contribution in [-0.2, 0) is 11.3 Å². The minimum Gasteiger partial charge on any atom is -0.424 e. The molecule has 0 spiro atoms. The first-order valence-corrected chi connectivity index (χ1v) is 8.12. The van der Waals surface area contributed by atoms with Crippen molar-refractivity contribution in [3.8, 4) is 0 Å². The van der Waals surface area contributed by atoms with E-state index in [1.54, 1.807) is 0 Å². The Morgan fingerprint density at radius 3 is 2.86 bits per heavy atom. The largest absolute Gasteiger partial charge is 0.424 e. The predicted octanol–water partition coefficient (Wildman–Crippen LogP) is 1.49. The SMILES string of the molecule is CCOCCN1CCN(Cc2nnc(C3CC3)o2)C[C@@H]1C. The molecule has 2 fully saturated rings. The molecule has 21 heavy (non-hydrogen) atoms. The fraction of sp³-hybridized carbons (Fsp3) is 0.867. The molecule has 0 N–H and O–H groups in total. The summed E-state index contributed by atoms with van der Waals surface area (Å²) in [5.74, 6) is 2.15. The lowest BCUT2D eigenvalue weighted by Crippen LogP contribution is -2.52. The van der Waals surface area contributed by atoms with Crippen LogP contribution >= 0.6 is 0 Å². The second-order valence-corrected chi connectivity index (χ2v) is 6.13. The smallest absolute Gasteiger partial charge is 0.230 e. The Bertz CT molecular complexity index is 447. The van der Waals surface area contributed by atoms with Crippen molar-refractivity contribution in [1.29, 1.82) is 0 Å². The molecule has 1 aliphatic heterocycles. The molecule has 118 valence electrons. The van der Waals surface area contributed by atoms with Crippen LogP contribution in [0.1, 0.15) is 44.4 Å². The van der Waals surface area contributed by atoms with Crippen LogP contribution in [0.2, 0.25) is 0 Å². The molecule has 0 aromatic carbocycles. The van der Waals surface area contributed by atoms with E-state index in [2.05, 4.69) is 26.9 Å². The average molecular weight is 294 g/mol. The Morgan fingerprint density at radius 1 is 1.29 bits per heavy atom. The molecule has 1 aromatic heterocycles. The Labute approximate surface area is 126 Å². The molecule has 0 amide bonds. The van der Waals surface area contributed by atoms with Gasteiger partial charge in [-0.25, -0.2) is 0 Å². The molecule has 3 rings (SSSR count). The van der Waals surface area contributed by atoms with Gasteiger partial charge in [0.15, 0.2) is 0 Å². The number of rotatable bonds is 7. The van der Waals surface area contributed by atoms with Crippen LogP contribution in [0.25, 0.3) is 0 Å². The second kappa shape index (κ2) is 6.85. The highest BCUT2D eigenvalue weighted by Gasteiger charge is 2.30. The fourth-order valence-corrected chi connectivity index (χ4v) is 2.89. The molecule has 0 unspecified atom stereocenters. The maximum atomic E-state index is 5.75. The Hall–Kier alpha value is -0.980. The highest BCUT2D eigenvalue weighted by molar-refractivity contribution is 5.00. The zero-order valence-electron chi connectivity index (χ0n) is 13.1. The van der Waals surface area contributed by atoms with Crippen molar-refractivity contribution >= 4 is 0 Å². The zero-order chi connectivity index (χ0) is 14.7. The first-order valence-electron chi connectivity index (χ1n) is 8.12. The third-order valence-electron chi connectivity index (χ3n) is 4.34. The van der Waals surface area contributed by atoms with Crippen molar-refractivity contribution in [2.24, 2.45) is 0 Å². The van der Waals surface area contributed by atoms with Crippen LogP contribution in [0.5, 0.6) is 0 Å². The van der Waals surface area contributed by atoms with Gasteiger partial charge in [0.1, 0.15) is 0 Å². The van der Waals surface area contributed by atoms with Crippen LogP contribution in [0.3, 0.4) is 0 Å². The molecule has 1 aromatic rings. The van der Waals surface area contributed by atoms with Gasteiger partial charge in [0, 0.05) is 44.7 Å². The van der Waals surface area contributed by atoms with Crippen molar-refractivity contribution in [2.45, 2.75) is 45.2 Å². The molecular weight excluding hydrogens is 268 g/mol. The summed E-state index contributed by atoms with van der Waals surface area (Å²) in [7, 11) is 0. The minimum atomic E-state index is 0.542. The van der Waals surface area contributed by atoms with Gasteiger partial charge in [-0.3, -0.25) is 9.80 Å². The summed E-state index contributed by atoms with van der Waals surface area (Å²) in [6, 6.07) is 0.546. The van der Waals surface area contributed by atoms with Crippen molar-refractivity contribution in [3.63, 3.8) is 0 Å². The molecule has 0 bridgehead atoms. The summed E-state index contributed by atoms with van der Waals surface area (Å²) < 4.78 is 11.2. The van der Waals surface area contributed by atoms with E-state index < -0.39 is 0 Å². The van der Waals surface area contributed by atoms with Crippen molar-refractivity contribution in [1.82, 2.24) is 20.0 Å². The van der Waals surface area contributed by atoms with Gasteiger partial charge in [-0.1, -0.05) is 0 Å². The first kappa shape index (κ1) is 14.9. The van der Waals surface area contributed by atoms with E-state index in [9.17, 15) is 0 Å². The number of ether oxygens (including phenoxy) is 1. The third-order valence-corrected chi connectivity index (χ3v) is 4.34. The lowest BCUT2D eigenvalue weighted by molar-refractivity contribution is 0.0435. The van der Waals surface area contributed by atoms with E-state index >= 15 is 0 Å². The van der Waals surface area contributed by atoms with Gasteiger partial charge < -0.3 is 9.15 Å². The fourth-order valence-electron chi connectivity index (χ4n) is 2.89. The number of nitrogens with zero attached hydrogens (tertiary/aromatic N) is 4. The number of hydrogen-bond acceptors (Lipinski definition) is 6. The van der Waals surface area contributed by atoms with Gasteiger partial charge >= 0.3 is 0 Å². The molecule has 1 aliphatic carbocycles. The minimum absolute atomic E-state index is 0.542. The van der Waals surface area contributed by atoms with Gasteiger partial charge in [-0.2, -0.15) is 0 Å². The lowest BCUT2D eigenvalue weighted by atomic mass is 10.2. The monoisotopic (exact) mass is 294 g/mol. The van der Waals surface area contributed by atoms with Gasteiger partial charge in [-0.15, -0.1) is 10.2 Å². The summed E-state index contributed by atoms with van der Waals surface area (Å²) >= 11 is 0. The molecule has 1 saturated heterocycles. The zero-order valence-corrected chi connectivity index (χ0v) is 13.1. The summed E-state index contributed by atoms with van der Waals surface area (Å²) in [5.41, 5.74) is 0. The lowest BCUT2D eigenvalue weighted by Gasteiger charge is -2.39.